The molecule has 5 atom stereocenters. The van der Waals surface area contributed by atoms with E-state index >= 15 is 0 Å². The summed E-state index contributed by atoms with van der Waals surface area (Å²) in [7, 11) is 2.83. The third kappa shape index (κ3) is 7.33. The summed E-state index contributed by atoms with van der Waals surface area (Å²) in [5, 5.41) is 5.96. The van der Waals surface area contributed by atoms with Gasteiger partial charge in [-0.25, -0.2) is 4.99 Å². The molecule has 1 aromatic heterocycles. The molecule has 5 unspecified atom stereocenters. The normalized spacial score (nSPS) is 27.4. The maximum atomic E-state index is 13.0. The number of aromatic amines is 1. The van der Waals surface area contributed by atoms with Crippen molar-refractivity contribution in [1.29, 1.82) is 0 Å². The zero-order valence-corrected chi connectivity index (χ0v) is 31.8. The Morgan fingerprint density at radius 1 is 1.04 bits per heavy atom. The van der Waals surface area contributed by atoms with Crippen LogP contribution in [0, 0.1) is 5.92 Å². The molecule has 0 amide bonds. The van der Waals surface area contributed by atoms with Gasteiger partial charge >= 0.3 is 11.9 Å². The first-order valence-corrected chi connectivity index (χ1v) is 18.4. The molecule has 0 aliphatic carbocycles. The van der Waals surface area contributed by atoms with E-state index in [1.165, 1.54) is 14.2 Å². The van der Waals surface area contributed by atoms with Crippen molar-refractivity contribution in [2.24, 2.45) is 15.9 Å². The SMILES string of the molecule is C=CC1=C(C)C2(C(C)OCCCCCC)NC1(C)C=C1C=CC(=N1)C=c1ccc([nH]1)=CC1=NC(CCC(=O)OC)(C(CCC(=O)OC)=C1C)C2C. The molecular weight excluding hydrogens is 640 g/mol. The van der Waals surface area contributed by atoms with Gasteiger partial charge in [-0.05, 0) is 112 Å². The predicted molar refractivity (Wildman–Crippen MR) is 205 cm³/mol. The van der Waals surface area contributed by atoms with Crippen LogP contribution in [0.3, 0.4) is 0 Å². The first-order valence-electron chi connectivity index (χ1n) is 18.4. The predicted octanol–water partition coefficient (Wildman–Crippen LogP) is 6.13. The minimum Gasteiger partial charge on any atom is -0.469 e. The molecule has 9 heteroatoms. The van der Waals surface area contributed by atoms with Crippen LogP contribution in [0.15, 0.2) is 81.0 Å². The average Bonchev–Trinajstić information content (AvgIpc) is 3.86. The van der Waals surface area contributed by atoms with Crippen molar-refractivity contribution in [2.45, 2.75) is 116 Å². The van der Waals surface area contributed by atoms with E-state index in [2.05, 4.69) is 70.6 Å². The number of rotatable bonds is 14. The van der Waals surface area contributed by atoms with Crippen LogP contribution in [-0.4, -0.2) is 71.9 Å². The number of allylic oxidation sites excluding steroid dienone is 3. The number of aromatic nitrogens is 1. The van der Waals surface area contributed by atoms with Gasteiger partial charge in [-0.1, -0.05) is 45.8 Å². The van der Waals surface area contributed by atoms with Gasteiger partial charge in [-0.2, -0.15) is 0 Å². The summed E-state index contributed by atoms with van der Waals surface area (Å²) in [6.07, 6.45) is 17.5. The second-order valence-corrected chi connectivity index (χ2v) is 14.5. The van der Waals surface area contributed by atoms with Crippen molar-refractivity contribution in [3.8, 4) is 0 Å². The van der Waals surface area contributed by atoms with Crippen molar-refractivity contribution in [2.75, 3.05) is 20.8 Å². The second kappa shape index (κ2) is 15.7. The lowest BCUT2D eigenvalue weighted by molar-refractivity contribution is -0.142. The Bertz CT molecular complexity index is 1860. The molecule has 0 spiro atoms. The van der Waals surface area contributed by atoms with E-state index in [1.807, 2.05) is 36.4 Å². The Kier molecular flexibility index (Phi) is 11.7. The first kappa shape index (κ1) is 38.2. The summed E-state index contributed by atoms with van der Waals surface area (Å²) in [6.45, 7) is 17.9. The molecule has 9 nitrogen and oxygen atoms in total. The number of methoxy groups -OCH3 is 2. The molecule has 4 aliphatic heterocycles. The van der Waals surface area contributed by atoms with E-state index in [9.17, 15) is 9.59 Å². The number of unbranched alkanes of at least 4 members (excludes halogenated alkanes) is 3. The Balaban J connectivity index is 1.81. The van der Waals surface area contributed by atoms with Crippen molar-refractivity contribution >= 4 is 35.5 Å². The van der Waals surface area contributed by atoms with Gasteiger partial charge < -0.3 is 19.2 Å². The van der Waals surface area contributed by atoms with Gasteiger partial charge in [0.1, 0.15) is 0 Å². The van der Waals surface area contributed by atoms with Crippen molar-refractivity contribution in [3.63, 3.8) is 0 Å². The van der Waals surface area contributed by atoms with Crippen LogP contribution in [0.5, 0.6) is 0 Å². The van der Waals surface area contributed by atoms with Crippen LogP contribution < -0.4 is 16.0 Å². The van der Waals surface area contributed by atoms with Crippen LogP contribution >= 0.6 is 0 Å². The highest BCUT2D eigenvalue weighted by Gasteiger charge is 2.61. The number of H-pyrrole nitrogens is 1. The number of hydrogen-bond donors (Lipinski definition) is 2. The fourth-order valence-electron chi connectivity index (χ4n) is 8.82. The molecule has 4 aliphatic rings. The van der Waals surface area contributed by atoms with Gasteiger partial charge in [0.15, 0.2) is 0 Å². The molecule has 0 saturated heterocycles. The topological polar surface area (TPSA) is 114 Å². The summed E-state index contributed by atoms with van der Waals surface area (Å²) in [5.74, 6) is -0.881. The summed E-state index contributed by atoms with van der Waals surface area (Å²) >= 11 is 0. The minimum absolute atomic E-state index is 0.150. The number of ether oxygens (including phenoxy) is 3. The molecule has 8 bridgehead atoms. The third-order valence-corrected chi connectivity index (χ3v) is 11.5. The molecule has 0 saturated carbocycles. The van der Waals surface area contributed by atoms with E-state index < -0.39 is 16.6 Å². The van der Waals surface area contributed by atoms with Gasteiger partial charge in [0, 0.05) is 36.1 Å². The number of hydrogen-bond acceptors (Lipinski definition) is 8. The van der Waals surface area contributed by atoms with E-state index in [-0.39, 0.29) is 36.8 Å². The number of carbonyl (C=O) groups excluding carboxylic acids is 2. The van der Waals surface area contributed by atoms with Crippen LogP contribution in [-0.2, 0) is 23.8 Å². The van der Waals surface area contributed by atoms with Crippen molar-refractivity contribution in [1.82, 2.24) is 10.3 Å². The monoisotopic (exact) mass is 696 g/mol. The second-order valence-electron chi connectivity index (χ2n) is 14.5. The Hall–Kier alpha value is -4.08. The fourth-order valence-corrected chi connectivity index (χ4v) is 8.82. The molecule has 2 N–H and O–H groups in total. The number of nitrogens with one attached hydrogen (secondary N) is 2. The summed E-state index contributed by atoms with van der Waals surface area (Å²) in [5.41, 5.74) is 4.33. The maximum Gasteiger partial charge on any atom is 0.305 e. The lowest BCUT2D eigenvalue weighted by atomic mass is 9.62. The zero-order chi connectivity index (χ0) is 37.0. The lowest BCUT2D eigenvalue weighted by Crippen LogP contribution is -2.66. The van der Waals surface area contributed by atoms with E-state index in [1.54, 1.807) is 0 Å². The highest BCUT2D eigenvalue weighted by Crippen LogP contribution is 2.54. The number of aliphatic imine (C=N–C) groups is 2. The lowest BCUT2D eigenvalue weighted by Gasteiger charge is -2.51. The van der Waals surface area contributed by atoms with Crippen LogP contribution in [0.1, 0.15) is 92.9 Å². The Morgan fingerprint density at radius 2 is 1.75 bits per heavy atom. The number of esters is 2. The summed E-state index contributed by atoms with van der Waals surface area (Å²) in [6, 6.07) is 4.06. The summed E-state index contributed by atoms with van der Waals surface area (Å²) < 4.78 is 17.2. The molecule has 5 rings (SSSR count). The van der Waals surface area contributed by atoms with Gasteiger partial charge in [-0.15, -0.1) is 0 Å². The van der Waals surface area contributed by atoms with Gasteiger partial charge in [0.05, 0.1) is 54.1 Å². The van der Waals surface area contributed by atoms with Gasteiger partial charge in [-0.3, -0.25) is 19.9 Å². The van der Waals surface area contributed by atoms with Gasteiger partial charge in [0.25, 0.3) is 0 Å². The molecule has 0 radical (unpaired) electrons. The van der Waals surface area contributed by atoms with Crippen molar-refractivity contribution < 1.29 is 23.8 Å². The minimum atomic E-state index is -0.909. The molecule has 1 aromatic rings. The van der Waals surface area contributed by atoms with Crippen LogP contribution in [0.2, 0.25) is 0 Å². The van der Waals surface area contributed by atoms with Gasteiger partial charge in [0.2, 0.25) is 0 Å². The number of carbonyl (C=O) groups is 2. The first-order chi connectivity index (χ1) is 24.4. The quantitative estimate of drug-likeness (QED) is 0.179. The third-order valence-electron chi connectivity index (χ3n) is 11.5. The standard InChI is InChI=1S/C42H56N4O5/c1-10-12-13-14-23-51-30(6)42-28(4)35(11-2)40(7,46-42)26-34-18-17-32(44-34)24-31-15-16-33(43-31)25-37-27(3)36(19-20-38(47)49-8)41(45-37,29(42)5)22-21-39(48)50-9/h11,15-18,24-26,29-30,43,46H,2,10,12-14,19-23H2,1,3-9H3. The Labute approximate surface area is 303 Å². The summed E-state index contributed by atoms with van der Waals surface area (Å²) in [4.78, 5) is 39.8. The highest BCUT2D eigenvalue weighted by atomic mass is 16.5. The smallest absolute Gasteiger partial charge is 0.305 e. The van der Waals surface area contributed by atoms with Crippen LogP contribution in [0.25, 0.3) is 12.2 Å². The average molecular weight is 697 g/mol. The van der Waals surface area contributed by atoms with E-state index in [4.69, 9.17) is 24.2 Å². The van der Waals surface area contributed by atoms with Crippen molar-refractivity contribution in [3.05, 3.63) is 81.7 Å². The Morgan fingerprint density at radius 3 is 2.43 bits per heavy atom. The molecule has 274 valence electrons. The number of fused-ring (bicyclic) bond motifs is 6. The van der Waals surface area contributed by atoms with Crippen LogP contribution in [0.4, 0.5) is 0 Å². The fraction of sp³-hybridized carbons (Fsp3) is 0.524. The highest BCUT2D eigenvalue weighted by molar-refractivity contribution is 6.22. The molecule has 51 heavy (non-hydrogen) atoms. The van der Waals surface area contributed by atoms with E-state index in [0.717, 1.165) is 75.8 Å². The van der Waals surface area contributed by atoms with E-state index in [0.29, 0.717) is 19.4 Å². The zero-order valence-electron chi connectivity index (χ0n) is 31.8. The molecule has 0 fully saturated rings. The number of nitrogens with zero attached hydrogens (tertiary/aromatic N) is 2. The molecular formula is C42H56N4O5. The largest absolute Gasteiger partial charge is 0.469 e. The molecule has 0 aromatic carbocycles. The molecule has 5 heterocycles. The maximum absolute atomic E-state index is 13.0.